The number of hydrogen-bond acceptors (Lipinski definition) is 4. The molecule has 1 aromatic rings. The minimum atomic E-state index is -1.22. The summed E-state index contributed by atoms with van der Waals surface area (Å²) < 4.78 is 5.40. The van der Waals surface area contributed by atoms with Crippen LogP contribution >= 0.6 is 0 Å². The molecule has 0 aliphatic carbocycles. The van der Waals surface area contributed by atoms with Crippen LogP contribution < -0.4 is 5.32 Å². The minimum Gasteiger partial charge on any atom is -0.460 e. The van der Waals surface area contributed by atoms with Crippen molar-refractivity contribution in [3.8, 4) is 0 Å². The van der Waals surface area contributed by atoms with Crippen LogP contribution in [-0.2, 0) is 25.7 Å². The molecule has 124 valence electrons. The van der Waals surface area contributed by atoms with Gasteiger partial charge in [-0.3, -0.25) is 19.7 Å². The van der Waals surface area contributed by atoms with E-state index in [4.69, 9.17) is 4.74 Å². The van der Waals surface area contributed by atoms with Crippen LogP contribution in [0.1, 0.15) is 51.0 Å². The summed E-state index contributed by atoms with van der Waals surface area (Å²) in [5.41, 5.74) is -0.352. The Balaban J connectivity index is 2.07. The van der Waals surface area contributed by atoms with Gasteiger partial charge in [0.1, 0.15) is 12.0 Å². The Bertz CT molecular complexity index is 570. The van der Waals surface area contributed by atoms with Gasteiger partial charge >= 0.3 is 5.97 Å². The van der Waals surface area contributed by atoms with Crippen molar-refractivity contribution >= 4 is 17.8 Å². The Morgan fingerprint density at radius 3 is 2.61 bits per heavy atom. The number of rotatable bonds is 7. The zero-order valence-corrected chi connectivity index (χ0v) is 13.5. The summed E-state index contributed by atoms with van der Waals surface area (Å²) in [6.07, 6.45) is 3.53. The van der Waals surface area contributed by atoms with Crippen molar-refractivity contribution in [2.75, 3.05) is 0 Å². The SMILES string of the molecule is CCCCCC1(C(=O)OCc2ccccc2)CCC(=O)NC1=O. The third kappa shape index (κ3) is 4.18. The van der Waals surface area contributed by atoms with E-state index >= 15 is 0 Å². The van der Waals surface area contributed by atoms with Crippen LogP contribution in [-0.4, -0.2) is 17.8 Å². The molecule has 0 spiro atoms. The molecule has 2 rings (SSSR count). The fraction of sp³-hybridized carbons (Fsp3) is 0.500. The highest BCUT2D eigenvalue weighted by Crippen LogP contribution is 2.35. The third-order valence-electron chi connectivity index (χ3n) is 4.28. The van der Waals surface area contributed by atoms with Crippen LogP contribution in [0.5, 0.6) is 0 Å². The van der Waals surface area contributed by atoms with E-state index in [1.165, 1.54) is 0 Å². The van der Waals surface area contributed by atoms with E-state index in [9.17, 15) is 14.4 Å². The Kier molecular flexibility index (Phi) is 5.90. The van der Waals surface area contributed by atoms with Gasteiger partial charge in [0, 0.05) is 6.42 Å². The number of hydrogen-bond donors (Lipinski definition) is 1. The molecule has 2 amide bonds. The molecule has 0 radical (unpaired) electrons. The van der Waals surface area contributed by atoms with Crippen LogP contribution in [0, 0.1) is 5.41 Å². The second-order valence-electron chi connectivity index (χ2n) is 5.98. The molecule has 1 aliphatic rings. The lowest BCUT2D eigenvalue weighted by Crippen LogP contribution is -2.53. The molecule has 0 bridgehead atoms. The predicted molar refractivity (Wildman–Crippen MR) is 85.2 cm³/mol. The number of imide groups is 1. The molecule has 1 atom stereocenters. The zero-order valence-electron chi connectivity index (χ0n) is 13.5. The fourth-order valence-electron chi connectivity index (χ4n) is 2.82. The molecule has 23 heavy (non-hydrogen) atoms. The largest absolute Gasteiger partial charge is 0.460 e. The van der Waals surface area contributed by atoms with E-state index in [1.54, 1.807) is 0 Å². The second kappa shape index (κ2) is 7.90. The minimum absolute atomic E-state index is 0.135. The predicted octanol–water partition coefficient (Wildman–Crippen LogP) is 2.73. The first-order valence-electron chi connectivity index (χ1n) is 8.14. The maximum atomic E-state index is 12.6. The van der Waals surface area contributed by atoms with Crippen LogP contribution in [0.2, 0.25) is 0 Å². The Labute approximate surface area is 136 Å². The van der Waals surface area contributed by atoms with Gasteiger partial charge in [-0.2, -0.15) is 0 Å². The van der Waals surface area contributed by atoms with E-state index in [0.29, 0.717) is 6.42 Å². The molecule has 0 aromatic heterocycles. The average Bonchev–Trinajstić information content (AvgIpc) is 2.56. The number of amides is 2. The molecule has 1 saturated heterocycles. The van der Waals surface area contributed by atoms with Crippen molar-refractivity contribution in [1.29, 1.82) is 0 Å². The maximum absolute atomic E-state index is 12.6. The lowest BCUT2D eigenvalue weighted by atomic mass is 9.75. The molecule has 1 aromatic carbocycles. The van der Waals surface area contributed by atoms with Gasteiger partial charge in [-0.15, -0.1) is 0 Å². The van der Waals surface area contributed by atoms with Crippen LogP contribution in [0.3, 0.4) is 0 Å². The van der Waals surface area contributed by atoms with Gasteiger partial charge in [0.25, 0.3) is 0 Å². The molecule has 0 saturated carbocycles. The summed E-state index contributed by atoms with van der Waals surface area (Å²) in [6, 6.07) is 9.35. The van der Waals surface area contributed by atoms with E-state index in [-0.39, 0.29) is 25.4 Å². The van der Waals surface area contributed by atoms with E-state index < -0.39 is 17.3 Å². The maximum Gasteiger partial charge on any atom is 0.322 e. The van der Waals surface area contributed by atoms with Crippen LogP contribution in [0.4, 0.5) is 0 Å². The highest BCUT2D eigenvalue weighted by molar-refractivity contribution is 6.10. The van der Waals surface area contributed by atoms with Crippen molar-refractivity contribution in [3.63, 3.8) is 0 Å². The van der Waals surface area contributed by atoms with Gasteiger partial charge in [0.2, 0.25) is 11.8 Å². The molecule has 1 N–H and O–H groups in total. The Morgan fingerprint density at radius 1 is 1.22 bits per heavy atom. The topological polar surface area (TPSA) is 72.5 Å². The molecular formula is C18H23NO4. The number of unbranched alkanes of at least 4 members (excludes halogenated alkanes) is 2. The number of piperidine rings is 1. The monoisotopic (exact) mass is 317 g/mol. The van der Waals surface area contributed by atoms with Gasteiger partial charge in [0.05, 0.1) is 0 Å². The molecule has 5 heteroatoms. The van der Waals surface area contributed by atoms with E-state index in [0.717, 1.165) is 24.8 Å². The van der Waals surface area contributed by atoms with Crippen molar-refractivity contribution in [2.24, 2.45) is 5.41 Å². The van der Waals surface area contributed by atoms with E-state index in [2.05, 4.69) is 12.2 Å². The molecule has 5 nitrogen and oxygen atoms in total. The van der Waals surface area contributed by atoms with Gasteiger partial charge in [-0.25, -0.2) is 0 Å². The highest BCUT2D eigenvalue weighted by Gasteiger charge is 2.49. The number of benzene rings is 1. The van der Waals surface area contributed by atoms with Crippen LogP contribution in [0.15, 0.2) is 30.3 Å². The standard InChI is InChI=1S/C18H23NO4/c1-2-3-7-11-18(12-10-15(20)19-16(18)21)17(22)23-13-14-8-5-4-6-9-14/h4-6,8-9H,2-3,7,10-13H2,1H3,(H,19,20,21). The zero-order chi connectivity index (χ0) is 16.7. The van der Waals surface area contributed by atoms with Gasteiger partial charge < -0.3 is 4.74 Å². The lowest BCUT2D eigenvalue weighted by molar-refractivity contribution is -0.166. The third-order valence-corrected chi connectivity index (χ3v) is 4.28. The number of carbonyl (C=O) groups is 3. The quantitative estimate of drug-likeness (QED) is 0.363. The summed E-state index contributed by atoms with van der Waals surface area (Å²) in [4.78, 5) is 36.4. The molecular weight excluding hydrogens is 294 g/mol. The first-order valence-corrected chi connectivity index (χ1v) is 8.14. The first kappa shape index (κ1) is 17.2. The highest BCUT2D eigenvalue weighted by atomic mass is 16.5. The Morgan fingerprint density at radius 2 is 1.96 bits per heavy atom. The first-order chi connectivity index (χ1) is 11.1. The molecule has 1 aliphatic heterocycles. The van der Waals surface area contributed by atoms with Crippen LogP contribution in [0.25, 0.3) is 0 Å². The van der Waals surface area contributed by atoms with Crippen molar-refractivity contribution in [1.82, 2.24) is 5.32 Å². The Hall–Kier alpha value is -2.17. The number of ether oxygens (including phenoxy) is 1. The summed E-state index contributed by atoms with van der Waals surface area (Å²) in [5.74, 6) is -1.36. The van der Waals surface area contributed by atoms with Gasteiger partial charge in [-0.1, -0.05) is 56.5 Å². The van der Waals surface area contributed by atoms with Crippen molar-refractivity contribution in [2.45, 2.75) is 52.1 Å². The smallest absolute Gasteiger partial charge is 0.322 e. The molecule has 1 fully saturated rings. The molecule has 1 unspecified atom stereocenters. The van der Waals surface area contributed by atoms with Gasteiger partial charge in [-0.05, 0) is 18.4 Å². The fourth-order valence-corrected chi connectivity index (χ4v) is 2.82. The number of carbonyl (C=O) groups excluding carboxylic acids is 3. The second-order valence-corrected chi connectivity index (χ2v) is 5.98. The summed E-state index contributed by atoms with van der Waals surface area (Å²) >= 11 is 0. The van der Waals surface area contributed by atoms with E-state index in [1.807, 2.05) is 30.3 Å². The molecule has 1 heterocycles. The lowest BCUT2D eigenvalue weighted by Gasteiger charge is -2.33. The number of esters is 1. The average molecular weight is 317 g/mol. The summed E-state index contributed by atoms with van der Waals surface area (Å²) in [6.45, 7) is 2.20. The summed E-state index contributed by atoms with van der Waals surface area (Å²) in [5, 5.41) is 2.30. The normalized spacial score (nSPS) is 20.9. The van der Waals surface area contributed by atoms with Crippen molar-refractivity contribution in [3.05, 3.63) is 35.9 Å². The summed E-state index contributed by atoms with van der Waals surface area (Å²) in [7, 11) is 0. The van der Waals surface area contributed by atoms with Gasteiger partial charge in [0.15, 0.2) is 0 Å². The van der Waals surface area contributed by atoms with Crippen molar-refractivity contribution < 1.29 is 19.1 Å². The number of nitrogens with one attached hydrogen (secondary N) is 1.